The van der Waals surface area contributed by atoms with E-state index < -0.39 is 5.82 Å². The highest BCUT2D eigenvalue weighted by atomic mass is 79.9. The fraction of sp³-hybridized carbons (Fsp3) is 0.158. The second kappa shape index (κ2) is 7.70. The summed E-state index contributed by atoms with van der Waals surface area (Å²) < 4.78 is 25.1. The van der Waals surface area contributed by atoms with Gasteiger partial charge in [-0.25, -0.2) is 9.37 Å². The summed E-state index contributed by atoms with van der Waals surface area (Å²) in [7, 11) is 0. The predicted molar refractivity (Wildman–Crippen MR) is 97.8 cm³/mol. The van der Waals surface area contributed by atoms with E-state index in [9.17, 15) is 9.18 Å². The van der Waals surface area contributed by atoms with Gasteiger partial charge in [-0.15, -0.1) is 0 Å². The van der Waals surface area contributed by atoms with Gasteiger partial charge in [0.2, 0.25) is 5.88 Å². The summed E-state index contributed by atoms with van der Waals surface area (Å²) in [5, 5.41) is 2.82. The maximum Gasteiger partial charge on any atom is 0.256 e. The summed E-state index contributed by atoms with van der Waals surface area (Å²) in [6, 6.07) is 9.31. The average molecular weight is 419 g/mol. The Balaban J connectivity index is 1.75. The molecule has 0 fully saturated rings. The lowest BCUT2D eigenvalue weighted by molar-refractivity contribution is 0.0948. The zero-order chi connectivity index (χ0) is 18.7. The van der Waals surface area contributed by atoms with Crippen molar-refractivity contribution in [2.45, 2.75) is 20.4 Å². The summed E-state index contributed by atoms with van der Waals surface area (Å²) in [4.78, 5) is 16.6. The van der Waals surface area contributed by atoms with E-state index in [1.807, 2.05) is 0 Å². The molecule has 0 atom stereocenters. The number of nitrogens with one attached hydrogen (secondary N) is 1. The molecule has 0 aliphatic heterocycles. The van der Waals surface area contributed by atoms with E-state index in [-0.39, 0.29) is 12.5 Å². The van der Waals surface area contributed by atoms with Crippen LogP contribution in [0.5, 0.6) is 11.6 Å². The number of nitrogens with zero attached hydrogens (tertiary/aromatic N) is 1. The predicted octanol–water partition coefficient (Wildman–Crippen LogP) is 4.92. The number of carbonyl (C=O) groups is 1. The van der Waals surface area contributed by atoms with Crippen LogP contribution in [0.25, 0.3) is 0 Å². The molecule has 3 rings (SSSR count). The number of ether oxygens (including phenoxy) is 1. The van der Waals surface area contributed by atoms with E-state index in [4.69, 9.17) is 9.15 Å². The molecule has 1 N–H and O–H groups in total. The lowest BCUT2D eigenvalue weighted by atomic mass is 10.2. The lowest BCUT2D eigenvalue weighted by Gasteiger charge is -2.11. The Kier molecular flexibility index (Phi) is 5.37. The summed E-state index contributed by atoms with van der Waals surface area (Å²) in [6.07, 6.45) is 1.57. The van der Waals surface area contributed by atoms with Gasteiger partial charge in [-0.1, -0.05) is 12.1 Å². The standard InChI is InChI=1S/C19H16BrFN2O3/c1-11-16(17(20)12(2)25-11)18(24)23-10-13-5-4-8-22-19(13)26-15-7-3-6-14(21)9-15/h3-9H,10H2,1-2H3,(H,23,24). The van der Waals surface area contributed by atoms with E-state index >= 15 is 0 Å². The van der Waals surface area contributed by atoms with Gasteiger partial charge in [0, 0.05) is 24.4 Å². The fourth-order valence-corrected chi connectivity index (χ4v) is 3.01. The second-order valence-electron chi connectivity index (χ2n) is 5.61. The number of furan rings is 1. The van der Waals surface area contributed by atoms with Gasteiger partial charge in [-0.3, -0.25) is 4.79 Å². The number of amides is 1. The van der Waals surface area contributed by atoms with Crippen molar-refractivity contribution in [1.82, 2.24) is 10.3 Å². The molecule has 0 aliphatic carbocycles. The van der Waals surface area contributed by atoms with Crippen LogP contribution in [0.2, 0.25) is 0 Å². The smallest absolute Gasteiger partial charge is 0.256 e. The molecule has 5 nitrogen and oxygen atoms in total. The van der Waals surface area contributed by atoms with Gasteiger partial charge in [0.15, 0.2) is 0 Å². The van der Waals surface area contributed by atoms with Crippen molar-refractivity contribution in [2.24, 2.45) is 0 Å². The molecule has 1 amide bonds. The number of carbonyl (C=O) groups excluding carboxylic acids is 1. The Morgan fingerprint density at radius 2 is 2.08 bits per heavy atom. The van der Waals surface area contributed by atoms with Crippen molar-refractivity contribution < 1.29 is 18.3 Å². The van der Waals surface area contributed by atoms with E-state index in [0.29, 0.717) is 38.7 Å². The lowest BCUT2D eigenvalue weighted by Crippen LogP contribution is -2.23. The van der Waals surface area contributed by atoms with Crippen LogP contribution >= 0.6 is 15.9 Å². The van der Waals surface area contributed by atoms with Gasteiger partial charge in [-0.2, -0.15) is 0 Å². The van der Waals surface area contributed by atoms with Crippen molar-refractivity contribution in [3.8, 4) is 11.6 Å². The van der Waals surface area contributed by atoms with Crippen LogP contribution in [0.3, 0.4) is 0 Å². The molecule has 0 aliphatic rings. The highest BCUT2D eigenvalue weighted by molar-refractivity contribution is 9.10. The van der Waals surface area contributed by atoms with E-state index in [0.717, 1.165) is 0 Å². The topological polar surface area (TPSA) is 64.4 Å². The van der Waals surface area contributed by atoms with E-state index in [1.165, 1.54) is 12.1 Å². The van der Waals surface area contributed by atoms with Crippen molar-refractivity contribution in [3.63, 3.8) is 0 Å². The Hall–Kier alpha value is -2.67. The highest BCUT2D eigenvalue weighted by Crippen LogP contribution is 2.28. The van der Waals surface area contributed by atoms with Gasteiger partial charge in [0.05, 0.1) is 10.0 Å². The monoisotopic (exact) mass is 418 g/mol. The number of aromatic nitrogens is 1. The van der Waals surface area contributed by atoms with Crippen molar-refractivity contribution in [3.05, 3.63) is 75.5 Å². The van der Waals surface area contributed by atoms with Crippen LogP contribution in [0, 0.1) is 19.7 Å². The van der Waals surface area contributed by atoms with Crippen molar-refractivity contribution in [2.75, 3.05) is 0 Å². The molecule has 2 aromatic heterocycles. The summed E-state index contributed by atoms with van der Waals surface area (Å²) in [6.45, 7) is 3.71. The van der Waals surface area contributed by atoms with Crippen molar-refractivity contribution >= 4 is 21.8 Å². The average Bonchev–Trinajstić information content (AvgIpc) is 2.86. The van der Waals surface area contributed by atoms with Crippen LogP contribution in [0.15, 0.2) is 51.5 Å². The molecular formula is C19H16BrFN2O3. The molecule has 3 aromatic rings. The first-order valence-corrected chi connectivity index (χ1v) is 8.66. The summed E-state index contributed by atoms with van der Waals surface area (Å²) >= 11 is 3.37. The number of halogens is 2. The third-order valence-electron chi connectivity index (χ3n) is 3.71. The maximum atomic E-state index is 13.3. The molecule has 2 heterocycles. The minimum Gasteiger partial charge on any atom is -0.465 e. The molecule has 7 heteroatoms. The fourth-order valence-electron chi connectivity index (χ4n) is 2.47. The first-order chi connectivity index (χ1) is 12.5. The third-order valence-corrected chi connectivity index (χ3v) is 4.67. The highest BCUT2D eigenvalue weighted by Gasteiger charge is 2.20. The van der Waals surface area contributed by atoms with Crippen LogP contribution in [0.1, 0.15) is 27.4 Å². The largest absolute Gasteiger partial charge is 0.465 e. The Bertz CT molecular complexity index is 956. The van der Waals surface area contributed by atoms with Gasteiger partial charge < -0.3 is 14.5 Å². The van der Waals surface area contributed by atoms with Gasteiger partial charge >= 0.3 is 0 Å². The number of hydrogen-bond donors (Lipinski definition) is 1. The van der Waals surface area contributed by atoms with Crippen LogP contribution in [0.4, 0.5) is 4.39 Å². The molecule has 1 aromatic carbocycles. The summed E-state index contributed by atoms with van der Waals surface area (Å²) in [5.41, 5.74) is 1.12. The molecule has 0 radical (unpaired) electrons. The second-order valence-corrected chi connectivity index (χ2v) is 6.41. The number of benzene rings is 1. The van der Waals surface area contributed by atoms with Gasteiger partial charge in [-0.05, 0) is 48.0 Å². The quantitative estimate of drug-likeness (QED) is 0.638. The van der Waals surface area contributed by atoms with Gasteiger partial charge in [0.1, 0.15) is 23.1 Å². The Morgan fingerprint density at radius 3 is 2.77 bits per heavy atom. The normalized spacial score (nSPS) is 10.6. The molecule has 0 bridgehead atoms. The van der Waals surface area contributed by atoms with E-state index in [2.05, 4.69) is 26.2 Å². The number of rotatable bonds is 5. The molecule has 0 unspecified atom stereocenters. The molecule has 134 valence electrons. The number of pyridine rings is 1. The maximum absolute atomic E-state index is 13.3. The first-order valence-electron chi connectivity index (χ1n) is 7.86. The molecule has 26 heavy (non-hydrogen) atoms. The molecule has 0 saturated carbocycles. The number of aryl methyl sites for hydroxylation is 2. The van der Waals surface area contributed by atoms with Crippen LogP contribution < -0.4 is 10.1 Å². The SMILES string of the molecule is Cc1oc(C)c(C(=O)NCc2cccnc2Oc2cccc(F)c2)c1Br. The van der Waals surface area contributed by atoms with Crippen molar-refractivity contribution in [1.29, 1.82) is 0 Å². The van der Waals surface area contributed by atoms with Crippen LogP contribution in [-0.4, -0.2) is 10.9 Å². The Labute approximate surface area is 158 Å². The molecule has 0 saturated heterocycles. The molecular weight excluding hydrogens is 403 g/mol. The summed E-state index contributed by atoms with van der Waals surface area (Å²) in [5.74, 6) is 1.15. The first kappa shape index (κ1) is 18.1. The third kappa shape index (κ3) is 3.94. The van der Waals surface area contributed by atoms with Gasteiger partial charge in [0.25, 0.3) is 5.91 Å². The Morgan fingerprint density at radius 1 is 1.27 bits per heavy atom. The minimum atomic E-state index is -0.399. The molecule has 0 spiro atoms. The van der Waals surface area contributed by atoms with Crippen LogP contribution in [-0.2, 0) is 6.54 Å². The van der Waals surface area contributed by atoms with E-state index in [1.54, 1.807) is 44.3 Å². The zero-order valence-corrected chi connectivity index (χ0v) is 15.8. The zero-order valence-electron chi connectivity index (χ0n) is 14.2. The minimum absolute atomic E-state index is 0.202. The number of hydrogen-bond acceptors (Lipinski definition) is 4.